The molecule has 18 heavy (non-hydrogen) atoms. The van der Waals surface area contributed by atoms with Crippen molar-refractivity contribution in [2.24, 2.45) is 0 Å². The number of fused-ring (bicyclic) bond motifs is 2. The molecule has 1 N–H and O–H groups in total. The highest BCUT2D eigenvalue weighted by molar-refractivity contribution is 6.10. The second-order valence-corrected chi connectivity index (χ2v) is 4.56. The van der Waals surface area contributed by atoms with E-state index >= 15 is 0 Å². The molecule has 1 fully saturated rings. The molecule has 1 unspecified atom stereocenters. The van der Waals surface area contributed by atoms with Gasteiger partial charge in [-0.25, -0.2) is 0 Å². The quantitative estimate of drug-likeness (QED) is 0.811. The van der Waals surface area contributed by atoms with Crippen LogP contribution in [0.15, 0.2) is 18.2 Å². The highest BCUT2D eigenvalue weighted by Gasteiger charge is 2.38. The molecule has 0 aromatic heterocycles. The molecule has 1 atom stereocenters. The van der Waals surface area contributed by atoms with Gasteiger partial charge in [0.1, 0.15) is 11.8 Å². The van der Waals surface area contributed by atoms with Gasteiger partial charge < -0.3 is 15.0 Å². The van der Waals surface area contributed by atoms with E-state index in [1.807, 2.05) is 0 Å². The van der Waals surface area contributed by atoms with Crippen LogP contribution in [0, 0.1) is 0 Å². The van der Waals surface area contributed by atoms with E-state index in [1.165, 1.54) is 0 Å². The van der Waals surface area contributed by atoms with Crippen LogP contribution in [0.25, 0.3) is 0 Å². The van der Waals surface area contributed by atoms with E-state index < -0.39 is 0 Å². The van der Waals surface area contributed by atoms with Gasteiger partial charge in [-0.1, -0.05) is 0 Å². The van der Waals surface area contributed by atoms with Gasteiger partial charge in [-0.15, -0.1) is 0 Å². The van der Waals surface area contributed by atoms with Crippen molar-refractivity contribution >= 4 is 17.5 Å². The second kappa shape index (κ2) is 4.01. The Balaban J connectivity index is 2.09. The van der Waals surface area contributed by atoms with Gasteiger partial charge in [0.05, 0.1) is 18.4 Å². The van der Waals surface area contributed by atoms with E-state index in [1.54, 1.807) is 30.2 Å². The van der Waals surface area contributed by atoms with Crippen molar-refractivity contribution in [2.45, 2.75) is 18.9 Å². The summed E-state index contributed by atoms with van der Waals surface area (Å²) in [6.07, 6.45) is 1.62. The molecule has 1 aromatic rings. The molecule has 2 aliphatic heterocycles. The summed E-state index contributed by atoms with van der Waals surface area (Å²) >= 11 is 0. The van der Waals surface area contributed by atoms with Gasteiger partial charge in [-0.2, -0.15) is 0 Å². The Labute approximate surface area is 105 Å². The number of benzene rings is 1. The Morgan fingerprint density at radius 3 is 3.00 bits per heavy atom. The fourth-order valence-electron chi connectivity index (χ4n) is 2.59. The largest absolute Gasteiger partial charge is 0.497 e. The van der Waals surface area contributed by atoms with Crippen molar-refractivity contribution in [2.75, 3.05) is 19.0 Å². The number of nitrogens with zero attached hydrogens (tertiary/aromatic N) is 1. The van der Waals surface area contributed by atoms with Crippen molar-refractivity contribution in [3.05, 3.63) is 23.8 Å². The van der Waals surface area contributed by atoms with Gasteiger partial charge in [-0.3, -0.25) is 9.59 Å². The standard InChI is InChI=1S/C13H14N2O3/c1-18-8-4-5-10-9(7-8)13(17)15-6-2-3-11(15)12(16)14-10/h4-5,7,11H,2-3,6H2,1H3,(H,14,16). The van der Waals surface area contributed by atoms with E-state index in [2.05, 4.69) is 5.32 Å². The molecule has 0 aliphatic carbocycles. The maximum absolute atomic E-state index is 12.4. The van der Waals surface area contributed by atoms with E-state index in [0.29, 0.717) is 23.5 Å². The van der Waals surface area contributed by atoms with Crippen LogP contribution in [0.1, 0.15) is 23.2 Å². The fraction of sp³-hybridized carbons (Fsp3) is 0.385. The third kappa shape index (κ3) is 1.54. The molecule has 1 aromatic carbocycles. The van der Waals surface area contributed by atoms with Crippen LogP contribution in [0.5, 0.6) is 5.75 Å². The van der Waals surface area contributed by atoms with Crippen molar-refractivity contribution in [3.63, 3.8) is 0 Å². The Morgan fingerprint density at radius 2 is 2.22 bits per heavy atom. The maximum atomic E-state index is 12.4. The molecule has 5 nitrogen and oxygen atoms in total. The Kier molecular flexibility index (Phi) is 2.47. The van der Waals surface area contributed by atoms with Crippen LogP contribution in [0.3, 0.4) is 0 Å². The van der Waals surface area contributed by atoms with Crippen molar-refractivity contribution in [3.8, 4) is 5.75 Å². The topological polar surface area (TPSA) is 58.6 Å². The monoisotopic (exact) mass is 246 g/mol. The zero-order valence-corrected chi connectivity index (χ0v) is 10.1. The lowest BCUT2D eigenvalue weighted by Gasteiger charge is -2.19. The van der Waals surface area contributed by atoms with Gasteiger partial charge in [0.15, 0.2) is 0 Å². The molecule has 94 valence electrons. The molecular formula is C13H14N2O3. The second-order valence-electron chi connectivity index (χ2n) is 4.56. The third-order valence-electron chi connectivity index (χ3n) is 3.53. The number of rotatable bonds is 1. The molecule has 2 heterocycles. The number of carbonyl (C=O) groups is 2. The van der Waals surface area contributed by atoms with Crippen molar-refractivity contribution in [1.29, 1.82) is 0 Å². The van der Waals surface area contributed by atoms with Crippen LogP contribution >= 0.6 is 0 Å². The number of amides is 2. The number of methoxy groups -OCH3 is 1. The molecular weight excluding hydrogens is 232 g/mol. The number of carbonyl (C=O) groups excluding carboxylic acids is 2. The SMILES string of the molecule is COc1ccc2c(c1)C(=O)N1CCCC1C(=O)N2. The minimum Gasteiger partial charge on any atom is -0.497 e. The third-order valence-corrected chi connectivity index (χ3v) is 3.53. The number of nitrogens with one attached hydrogen (secondary N) is 1. The van der Waals surface area contributed by atoms with Crippen LogP contribution in [-0.4, -0.2) is 36.4 Å². The molecule has 2 amide bonds. The molecule has 0 saturated carbocycles. The first-order chi connectivity index (χ1) is 8.70. The lowest BCUT2D eigenvalue weighted by atomic mass is 10.1. The molecule has 5 heteroatoms. The summed E-state index contributed by atoms with van der Waals surface area (Å²) in [7, 11) is 1.56. The van der Waals surface area contributed by atoms with Gasteiger partial charge in [-0.05, 0) is 31.0 Å². The molecule has 0 radical (unpaired) electrons. The van der Waals surface area contributed by atoms with E-state index in [0.717, 1.165) is 12.8 Å². The summed E-state index contributed by atoms with van der Waals surface area (Å²) in [5.74, 6) is 0.434. The van der Waals surface area contributed by atoms with Crippen molar-refractivity contribution in [1.82, 2.24) is 4.90 Å². The van der Waals surface area contributed by atoms with Gasteiger partial charge in [0.2, 0.25) is 5.91 Å². The van der Waals surface area contributed by atoms with E-state index in [4.69, 9.17) is 4.74 Å². The minimum atomic E-state index is -0.323. The number of hydrogen-bond donors (Lipinski definition) is 1. The maximum Gasteiger partial charge on any atom is 0.256 e. The van der Waals surface area contributed by atoms with E-state index in [-0.39, 0.29) is 17.9 Å². The van der Waals surface area contributed by atoms with Crippen LogP contribution in [0.4, 0.5) is 5.69 Å². The highest BCUT2D eigenvalue weighted by atomic mass is 16.5. The molecule has 2 aliphatic rings. The zero-order chi connectivity index (χ0) is 12.7. The lowest BCUT2D eigenvalue weighted by molar-refractivity contribution is -0.119. The first-order valence-corrected chi connectivity index (χ1v) is 6.00. The summed E-state index contributed by atoms with van der Waals surface area (Å²) in [4.78, 5) is 26.1. The van der Waals surface area contributed by atoms with Crippen LogP contribution in [-0.2, 0) is 4.79 Å². The van der Waals surface area contributed by atoms with Gasteiger partial charge in [0.25, 0.3) is 5.91 Å². The Hall–Kier alpha value is -2.04. The van der Waals surface area contributed by atoms with E-state index in [9.17, 15) is 9.59 Å². The normalized spacial score (nSPS) is 22.1. The summed E-state index contributed by atoms with van der Waals surface area (Å²) in [5.41, 5.74) is 1.08. The lowest BCUT2D eigenvalue weighted by Crippen LogP contribution is -2.40. The number of hydrogen-bond acceptors (Lipinski definition) is 3. The average molecular weight is 246 g/mol. The predicted octanol–water partition coefficient (Wildman–Crippen LogP) is 1.25. The smallest absolute Gasteiger partial charge is 0.256 e. The number of ether oxygens (including phenoxy) is 1. The average Bonchev–Trinajstić information content (AvgIpc) is 2.84. The predicted molar refractivity (Wildman–Crippen MR) is 65.7 cm³/mol. The summed E-state index contributed by atoms with van der Waals surface area (Å²) in [6, 6.07) is 4.81. The first-order valence-electron chi connectivity index (χ1n) is 6.00. The molecule has 3 rings (SSSR count). The van der Waals surface area contributed by atoms with Gasteiger partial charge >= 0.3 is 0 Å². The number of anilines is 1. The Morgan fingerprint density at radius 1 is 1.39 bits per heavy atom. The minimum absolute atomic E-state index is 0.0928. The van der Waals surface area contributed by atoms with Crippen LogP contribution < -0.4 is 10.1 Å². The van der Waals surface area contributed by atoms with Gasteiger partial charge in [0, 0.05) is 6.54 Å². The first kappa shape index (κ1) is 11.1. The molecule has 1 saturated heterocycles. The fourth-order valence-corrected chi connectivity index (χ4v) is 2.59. The summed E-state index contributed by atoms with van der Waals surface area (Å²) in [6.45, 7) is 0.646. The highest BCUT2D eigenvalue weighted by Crippen LogP contribution is 2.30. The zero-order valence-electron chi connectivity index (χ0n) is 10.1. The van der Waals surface area contributed by atoms with Crippen molar-refractivity contribution < 1.29 is 14.3 Å². The molecule has 0 bridgehead atoms. The molecule has 0 spiro atoms. The Bertz CT molecular complexity index is 527. The summed E-state index contributed by atoms with van der Waals surface area (Å²) in [5, 5.41) is 2.82. The summed E-state index contributed by atoms with van der Waals surface area (Å²) < 4.78 is 5.12. The van der Waals surface area contributed by atoms with Crippen LogP contribution in [0.2, 0.25) is 0 Å².